The van der Waals surface area contributed by atoms with Gasteiger partial charge in [-0.1, -0.05) is 30.8 Å². The van der Waals surface area contributed by atoms with Gasteiger partial charge in [0, 0.05) is 22.5 Å². The van der Waals surface area contributed by atoms with E-state index in [1.165, 1.54) is 6.92 Å². The summed E-state index contributed by atoms with van der Waals surface area (Å²) < 4.78 is 0. The number of ketones is 1. The van der Waals surface area contributed by atoms with E-state index in [0.717, 1.165) is 11.8 Å². The summed E-state index contributed by atoms with van der Waals surface area (Å²) in [6.07, 6.45) is 0.617. The standard InChI is InChI=1S/C17H19N3O3S/c1-4-14-10(2)18-17(20-16(14)23)24-9-15(22)19-13-7-5-6-12(8-13)11(3)21/h5-8H,4,9H2,1-3H3,(H,19,22)(H,18,20,23). The SMILES string of the molecule is CCc1c(C)nc(SCC(=O)Nc2cccc(C(C)=O)c2)[nH]c1=O. The van der Waals surface area contributed by atoms with Crippen LogP contribution in [0.25, 0.3) is 0 Å². The van der Waals surface area contributed by atoms with Gasteiger partial charge in [-0.25, -0.2) is 4.98 Å². The number of thioether (sulfide) groups is 1. The molecule has 0 fully saturated rings. The predicted octanol–water partition coefficient (Wildman–Crippen LogP) is 2.57. The second-order valence-electron chi connectivity index (χ2n) is 5.26. The third-order valence-corrected chi connectivity index (χ3v) is 4.32. The van der Waals surface area contributed by atoms with E-state index in [4.69, 9.17) is 0 Å². The Hall–Kier alpha value is -2.41. The van der Waals surface area contributed by atoms with Crippen molar-refractivity contribution in [1.82, 2.24) is 9.97 Å². The molecule has 0 saturated carbocycles. The Bertz CT molecular complexity index is 830. The molecule has 0 aliphatic carbocycles. The van der Waals surface area contributed by atoms with E-state index < -0.39 is 0 Å². The maximum atomic E-state index is 12.0. The number of hydrogen-bond donors (Lipinski definition) is 2. The first-order valence-electron chi connectivity index (χ1n) is 7.54. The molecule has 0 bridgehead atoms. The van der Waals surface area contributed by atoms with E-state index in [1.54, 1.807) is 31.2 Å². The van der Waals surface area contributed by atoms with Gasteiger partial charge >= 0.3 is 0 Å². The Balaban J connectivity index is 2.00. The molecule has 2 rings (SSSR count). The molecule has 0 unspecified atom stereocenters. The van der Waals surface area contributed by atoms with Gasteiger partial charge in [0.1, 0.15) is 0 Å². The highest BCUT2D eigenvalue weighted by Gasteiger charge is 2.10. The maximum Gasteiger partial charge on any atom is 0.254 e. The number of nitrogens with zero attached hydrogens (tertiary/aromatic N) is 1. The number of rotatable bonds is 6. The van der Waals surface area contributed by atoms with Crippen LogP contribution < -0.4 is 10.9 Å². The smallest absolute Gasteiger partial charge is 0.254 e. The molecule has 7 heteroatoms. The molecule has 1 amide bonds. The normalized spacial score (nSPS) is 10.5. The molecule has 2 N–H and O–H groups in total. The van der Waals surface area contributed by atoms with Crippen LogP contribution in [0.15, 0.2) is 34.2 Å². The average molecular weight is 345 g/mol. The summed E-state index contributed by atoms with van der Waals surface area (Å²) in [7, 11) is 0. The van der Waals surface area contributed by atoms with E-state index >= 15 is 0 Å². The van der Waals surface area contributed by atoms with Crippen LogP contribution in [0.1, 0.15) is 35.5 Å². The molecule has 126 valence electrons. The molecule has 6 nitrogen and oxygen atoms in total. The zero-order valence-electron chi connectivity index (χ0n) is 13.8. The van der Waals surface area contributed by atoms with Crippen LogP contribution in [0.2, 0.25) is 0 Å². The fourth-order valence-corrected chi connectivity index (χ4v) is 2.92. The van der Waals surface area contributed by atoms with Crippen molar-refractivity contribution in [3.63, 3.8) is 0 Å². The van der Waals surface area contributed by atoms with Crippen molar-refractivity contribution in [3.8, 4) is 0 Å². The van der Waals surface area contributed by atoms with Crippen LogP contribution >= 0.6 is 11.8 Å². The van der Waals surface area contributed by atoms with Gasteiger partial charge in [0.2, 0.25) is 5.91 Å². The van der Waals surface area contributed by atoms with Crippen molar-refractivity contribution in [3.05, 3.63) is 51.4 Å². The maximum absolute atomic E-state index is 12.0. The highest BCUT2D eigenvalue weighted by Crippen LogP contribution is 2.15. The first-order chi connectivity index (χ1) is 11.4. The Labute approximate surface area is 144 Å². The minimum absolute atomic E-state index is 0.0614. The number of nitrogens with one attached hydrogen (secondary N) is 2. The number of carbonyl (C=O) groups is 2. The Kier molecular flexibility index (Phi) is 5.92. The molecule has 0 aliphatic rings. The van der Waals surface area contributed by atoms with Crippen LogP contribution in [-0.4, -0.2) is 27.4 Å². The molecule has 2 aromatic rings. The molecule has 24 heavy (non-hydrogen) atoms. The van der Waals surface area contributed by atoms with Gasteiger partial charge in [0.25, 0.3) is 5.56 Å². The third-order valence-electron chi connectivity index (χ3n) is 3.45. The second-order valence-corrected chi connectivity index (χ2v) is 6.23. The van der Waals surface area contributed by atoms with Crippen molar-refractivity contribution in [2.45, 2.75) is 32.3 Å². The van der Waals surface area contributed by atoms with Crippen molar-refractivity contribution in [2.24, 2.45) is 0 Å². The Morgan fingerprint density at radius 3 is 2.71 bits per heavy atom. The lowest BCUT2D eigenvalue weighted by Crippen LogP contribution is -2.18. The molecular weight excluding hydrogens is 326 g/mol. The van der Waals surface area contributed by atoms with Gasteiger partial charge < -0.3 is 10.3 Å². The molecule has 0 radical (unpaired) electrons. The lowest BCUT2D eigenvalue weighted by molar-refractivity contribution is -0.113. The van der Waals surface area contributed by atoms with Crippen LogP contribution in [0.4, 0.5) is 5.69 Å². The summed E-state index contributed by atoms with van der Waals surface area (Å²) in [5.74, 6) is -0.188. The lowest BCUT2D eigenvalue weighted by atomic mass is 10.1. The van der Waals surface area contributed by atoms with Gasteiger partial charge in [-0.05, 0) is 32.4 Å². The summed E-state index contributed by atoms with van der Waals surface area (Å²) >= 11 is 1.16. The van der Waals surface area contributed by atoms with E-state index in [1.807, 2.05) is 6.92 Å². The molecule has 1 heterocycles. The highest BCUT2D eigenvalue weighted by molar-refractivity contribution is 7.99. The number of benzene rings is 1. The largest absolute Gasteiger partial charge is 0.325 e. The number of aromatic amines is 1. The topological polar surface area (TPSA) is 91.9 Å². The van der Waals surface area contributed by atoms with Gasteiger partial charge in [0.15, 0.2) is 10.9 Å². The van der Waals surface area contributed by atoms with E-state index in [0.29, 0.717) is 34.1 Å². The second kappa shape index (κ2) is 7.92. The predicted molar refractivity (Wildman–Crippen MR) is 94.8 cm³/mol. The number of carbonyl (C=O) groups excluding carboxylic acids is 2. The zero-order valence-corrected chi connectivity index (χ0v) is 14.6. The first kappa shape index (κ1) is 17.9. The van der Waals surface area contributed by atoms with Gasteiger partial charge in [-0.3, -0.25) is 14.4 Å². The number of aryl methyl sites for hydroxylation is 1. The Morgan fingerprint density at radius 2 is 2.08 bits per heavy atom. The molecule has 0 saturated heterocycles. The zero-order chi connectivity index (χ0) is 17.7. The molecule has 0 aliphatic heterocycles. The van der Waals surface area contributed by atoms with Crippen LogP contribution in [0, 0.1) is 6.92 Å². The molecular formula is C17H19N3O3S. The third kappa shape index (κ3) is 4.55. The van der Waals surface area contributed by atoms with Crippen LogP contribution in [0.3, 0.4) is 0 Å². The van der Waals surface area contributed by atoms with Crippen molar-refractivity contribution >= 4 is 29.1 Å². The summed E-state index contributed by atoms with van der Waals surface area (Å²) in [6, 6.07) is 6.76. The van der Waals surface area contributed by atoms with Gasteiger partial charge in [0.05, 0.1) is 5.75 Å². The highest BCUT2D eigenvalue weighted by atomic mass is 32.2. The summed E-state index contributed by atoms with van der Waals surface area (Å²) in [6.45, 7) is 5.15. The number of aromatic nitrogens is 2. The monoisotopic (exact) mass is 345 g/mol. The number of amides is 1. The average Bonchev–Trinajstić information content (AvgIpc) is 2.53. The summed E-state index contributed by atoms with van der Waals surface area (Å²) in [5, 5.41) is 3.15. The van der Waals surface area contributed by atoms with E-state index in [-0.39, 0.29) is 23.0 Å². The number of H-pyrrole nitrogens is 1. The number of Topliss-reactive ketones (excluding diaryl/α,β-unsaturated/α-hetero) is 1. The number of hydrogen-bond acceptors (Lipinski definition) is 5. The van der Waals surface area contributed by atoms with E-state index in [9.17, 15) is 14.4 Å². The van der Waals surface area contributed by atoms with Crippen molar-refractivity contribution < 1.29 is 9.59 Å². The lowest BCUT2D eigenvalue weighted by Gasteiger charge is -2.07. The van der Waals surface area contributed by atoms with Gasteiger partial charge in [-0.15, -0.1) is 0 Å². The Morgan fingerprint density at radius 1 is 1.33 bits per heavy atom. The molecule has 0 atom stereocenters. The van der Waals surface area contributed by atoms with Crippen molar-refractivity contribution in [2.75, 3.05) is 11.1 Å². The quantitative estimate of drug-likeness (QED) is 0.477. The number of anilines is 1. The molecule has 0 spiro atoms. The van der Waals surface area contributed by atoms with E-state index in [2.05, 4.69) is 15.3 Å². The first-order valence-corrected chi connectivity index (χ1v) is 8.52. The van der Waals surface area contributed by atoms with Crippen molar-refractivity contribution in [1.29, 1.82) is 0 Å². The summed E-state index contributed by atoms with van der Waals surface area (Å²) in [4.78, 5) is 42.2. The van der Waals surface area contributed by atoms with Gasteiger partial charge in [-0.2, -0.15) is 0 Å². The van der Waals surface area contributed by atoms with Crippen LogP contribution in [-0.2, 0) is 11.2 Å². The molecule has 1 aromatic carbocycles. The van der Waals surface area contributed by atoms with Crippen LogP contribution in [0.5, 0.6) is 0 Å². The minimum Gasteiger partial charge on any atom is -0.325 e. The minimum atomic E-state index is -0.236. The summed E-state index contributed by atoms with van der Waals surface area (Å²) in [5.41, 5.74) is 2.27. The fourth-order valence-electron chi connectivity index (χ4n) is 2.22. The fraction of sp³-hybridized carbons (Fsp3) is 0.294. The molecule has 1 aromatic heterocycles.